The molecular weight excluding hydrogens is 451 g/mol. The molecule has 4 rings (SSSR count). The van der Waals surface area contributed by atoms with Gasteiger partial charge in [0.05, 0.1) is 12.5 Å². The second-order valence-corrected chi connectivity index (χ2v) is 7.97. The van der Waals surface area contributed by atoms with Crippen LogP contribution in [-0.4, -0.2) is 16.8 Å². The van der Waals surface area contributed by atoms with Crippen LogP contribution in [0, 0.1) is 18.3 Å². The minimum atomic E-state index is -0.543. The molecule has 2 heterocycles. The number of halogens is 2. The fourth-order valence-electron chi connectivity index (χ4n) is 3.68. The SMILES string of the molecule is CCOc1cccc(C2C(C#N)=C(N)Oc3n[nH]c(C)c32)c1OCc1ccc(Cl)cc1Cl. The molecule has 3 N–H and O–H groups in total. The number of fused-ring (bicyclic) bond motifs is 1. The van der Waals surface area contributed by atoms with E-state index < -0.39 is 5.92 Å². The van der Waals surface area contributed by atoms with E-state index in [9.17, 15) is 5.26 Å². The molecule has 32 heavy (non-hydrogen) atoms. The third kappa shape index (κ3) is 3.95. The van der Waals surface area contributed by atoms with Gasteiger partial charge in [-0.2, -0.15) is 5.26 Å². The fraction of sp³-hybridized carbons (Fsp3) is 0.217. The lowest BCUT2D eigenvalue weighted by Crippen LogP contribution is -2.21. The number of allylic oxidation sites excluding steroid dienone is 1. The summed E-state index contributed by atoms with van der Waals surface area (Å²) < 4.78 is 17.7. The molecule has 1 atom stereocenters. The third-order valence-corrected chi connectivity index (χ3v) is 5.72. The first-order chi connectivity index (χ1) is 15.4. The van der Waals surface area contributed by atoms with Gasteiger partial charge in [0, 0.05) is 32.4 Å². The molecule has 164 valence electrons. The maximum atomic E-state index is 9.88. The zero-order valence-electron chi connectivity index (χ0n) is 17.4. The molecule has 0 bridgehead atoms. The highest BCUT2D eigenvalue weighted by atomic mass is 35.5. The van der Waals surface area contributed by atoms with Crippen LogP contribution in [0.1, 0.15) is 35.2 Å². The molecule has 0 saturated heterocycles. The minimum Gasteiger partial charge on any atom is -0.490 e. The van der Waals surface area contributed by atoms with Crippen LogP contribution < -0.4 is 19.9 Å². The normalized spacial score (nSPS) is 15.0. The van der Waals surface area contributed by atoms with Crippen molar-refractivity contribution in [1.29, 1.82) is 5.26 Å². The summed E-state index contributed by atoms with van der Waals surface area (Å²) in [5.74, 6) is 0.820. The summed E-state index contributed by atoms with van der Waals surface area (Å²) in [6.45, 7) is 4.36. The number of aromatic amines is 1. The first kappa shape index (κ1) is 21.9. The van der Waals surface area contributed by atoms with Crippen molar-refractivity contribution < 1.29 is 14.2 Å². The van der Waals surface area contributed by atoms with Crippen molar-refractivity contribution in [2.24, 2.45) is 5.73 Å². The highest BCUT2D eigenvalue weighted by molar-refractivity contribution is 6.35. The summed E-state index contributed by atoms with van der Waals surface area (Å²) in [6, 6.07) is 12.9. The second-order valence-electron chi connectivity index (χ2n) is 7.12. The zero-order valence-corrected chi connectivity index (χ0v) is 18.9. The molecule has 0 amide bonds. The lowest BCUT2D eigenvalue weighted by atomic mass is 9.83. The van der Waals surface area contributed by atoms with E-state index in [4.69, 9.17) is 43.1 Å². The number of rotatable bonds is 6. The Hall–Kier alpha value is -3.34. The number of aryl methyl sites for hydroxylation is 1. The van der Waals surface area contributed by atoms with Gasteiger partial charge in [0.1, 0.15) is 18.2 Å². The number of ether oxygens (including phenoxy) is 3. The lowest BCUT2D eigenvalue weighted by Gasteiger charge is -2.26. The Morgan fingerprint density at radius 2 is 2.06 bits per heavy atom. The molecule has 9 heteroatoms. The van der Waals surface area contributed by atoms with E-state index in [1.54, 1.807) is 18.2 Å². The number of benzene rings is 2. The molecule has 1 aromatic heterocycles. The van der Waals surface area contributed by atoms with Crippen molar-refractivity contribution in [3.8, 4) is 23.4 Å². The summed E-state index contributed by atoms with van der Waals surface area (Å²) in [7, 11) is 0. The molecule has 2 aromatic carbocycles. The van der Waals surface area contributed by atoms with Crippen LogP contribution >= 0.6 is 23.2 Å². The fourth-order valence-corrected chi connectivity index (χ4v) is 4.15. The Morgan fingerprint density at radius 3 is 2.78 bits per heavy atom. The maximum Gasteiger partial charge on any atom is 0.244 e. The van der Waals surface area contributed by atoms with Crippen molar-refractivity contribution in [3.05, 3.63) is 80.3 Å². The average molecular weight is 471 g/mol. The van der Waals surface area contributed by atoms with E-state index in [0.29, 0.717) is 39.6 Å². The van der Waals surface area contributed by atoms with E-state index in [0.717, 1.165) is 16.8 Å². The summed E-state index contributed by atoms with van der Waals surface area (Å²) in [5, 5.41) is 18.0. The Labute approximate surface area is 195 Å². The van der Waals surface area contributed by atoms with E-state index in [-0.39, 0.29) is 18.1 Å². The van der Waals surface area contributed by atoms with E-state index in [1.165, 1.54) is 0 Å². The van der Waals surface area contributed by atoms with Gasteiger partial charge in [-0.15, -0.1) is 5.10 Å². The molecular formula is C23H20Cl2N4O3. The number of para-hydroxylation sites is 1. The quantitative estimate of drug-likeness (QED) is 0.511. The van der Waals surface area contributed by atoms with E-state index in [1.807, 2.05) is 32.0 Å². The number of hydrogen-bond donors (Lipinski definition) is 2. The smallest absolute Gasteiger partial charge is 0.244 e. The largest absolute Gasteiger partial charge is 0.490 e. The van der Waals surface area contributed by atoms with Gasteiger partial charge in [-0.1, -0.05) is 41.4 Å². The van der Waals surface area contributed by atoms with E-state index >= 15 is 0 Å². The van der Waals surface area contributed by atoms with Gasteiger partial charge in [0.15, 0.2) is 11.5 Å². The number of aromatic nitrogens is 2. The highest BCUT2D eigenvalue weighted by Crippen LogP contribution is 2.48. The third-order valence-electron chi connectivity index (χ3n) is 5.14. The second kappa shape index (κ2) is 9.03. The predicted octanol–water partition coefficient (Wildman–Crippen LogP) is 5.22. The highest BCUT2D eigenvalue weighted by Gasteiger charge is 2.36. The first-order valence-corrected chi connectivity index (χ1v) is 10.6. The standard InChI is InChI=1S/C23H20Cl2N4O3/c1-3-30-18-6-4-5-15(21(18)31-11-13-7-8-14(24)9-17(13)25)20-16(10-26)22(27)32-23-19(20)12(2)28-29-23/h4-9,20H,3,11,27H2,1-2H3,(H,28,29). The number of nitrogens with zero attached hydrogens (tertiary/aromatic N) is 2. The van der Waals surface area contributed by atoms with Crippen molar-refractivity contribution in [3.63, 3.8) is 0 Å². The predicted molar refractivity (Wildman–Crippen MR) is 121 cm³/mol. The summed E-state index contributed by atoms with van der Waals surface area (Å²) in [5.41, 5.74) is 9.28. The average Bonchev–Trinajstić information content (AvgIpc) is 3.13. The molecule has 1 aliphatic rings. The number of hydrogen-bond acceptors (Lipinski definition) is 6. The monoisotopic (exact) mass is 470 g/mol. The molecule has 0 saturated carbocycles. The molecule has 7 nitrogen and oxygen atoms in total. The molecule has 0 aliphatic carbocycles. The van der Waals surface area contributed by atoms with Crippen molar-refractivity contribution in [1.82, 2.24) is 10.2 Å². The van der Waals surface area contributed by atoms with Crippen LogP contribution in [0.25, 0.3) is 0 Å². The Morgan fingerprint density at radius 1 is 1.25 bits per heavy atom. The van der Waals surface area contributed by atoms with Gasteiger partial charge in [-0.25, -0.2) is 0 Å². The van der Waals surface area contributed by atoms with Gasteiger partial charge in [0.2, 0.25) is 11.8 Å². The maximum absolute atomic E-state index is 9.88. The molecule has 0 fully saturated rings. The van der Waals surface area contributed by atoms with Crippen molar-refractivity contribution in [2.45, 2.75) is 26.4 Å². The van der Waals surface area contributed by atoms with Gasteiger partial charge in [0.25, 0.3) is 0 Å². The number of nitrogens with one attached hydrogen (secondary N) is 1. The summed E-state index contributed by atoms with van der Waals surface area (Å²) >= 11 is 12.3. The summed E-state index contributed by atoms with van der Waals surface area (Å²) in [4.78, 5) is 0. The van der Waals surface area contributed by atoms with Crippen molar-refractivity contribution >= 4 is 23.2 Å². The lowest BCUT2D eigenvalue weighted by molar-refractivity contribution is 0.266. The van der Waals surface area contributed by atoms with Gasteiger partial charge < -0.3 is 19.9 Å². The van der Waals surface area contributed by atoms with Crippen LogP contribution in [0.4, 0.5) is 0 Å². The van der Waals surface area contributed by atoms with Gasteiger partial charge >= 0.3 is 0 Å². The zero-order chi connectivity index (χ0) is 22.8. The van der Waals surface area contributed by atoms with Crippen LogP contribution in [0.15, 0.2) is 47.9 Å². The van der Waals surface area contributed by atoms with Crippen LogP contribution in [0.2, 0.25) is 10.0 Å². The Kier molecular flexibility index (Phi) is 6.17. The topological polar surface area (TPSA) is 106 Å². The molecule has 1 unspecified atom stereocenters. The number of nitrogens with two attached hydrogens (primary N) is 1. The number of H-pyrrole nitrogens is 1. The van der Waals surface area contributed by atoms with Crippen LogP contribution in [0.3, 0.4) is 0 Å². The molecule has 0 spiro atoms. The number of nitriles is 1. The van der Waals surface area contributed by atoms with Gasteiger partial charge in [-0.3, -0.25) is 5.10 Å². The molecule has 3 aromatic rings. The minimum absolute atomic E-state index is 0.00464. The van der Waals surface area contributed by atoms with Crippen LogP contribution in [-0.2, 0) is 6.61 Å². The van der Waals surface area contributed by atoms with E-state index in [2.05, 4.69) is 16.3 Å². The first-order valence-electron chi connectivity index (χ1n) is 9.89. The van der Waals surface area contributed by atoms with Gasteiger partial charge in [-0.05, 0) is 32.0 Å². The summed E-state index contributed by atoms with van der Waals surface area (Å²) in [6.07, 6.45) is 0. The Bertz CT molecular complexity index is 1250. The van der Waals surface area contributed by atoms with Crippen molar-refractivity contribution in [2.75, 3.05) is 6.61 Å². The molecule has 1 aliphatic heterocycles. The Balaban J connectivity index is 1.83. The van der Waals surface area contributed by atoms with Crippen LogP contribution in [0.5, 0.6) is 17.4 Å². The molecule has 0 radical (unpaired) electrons.